The van der Waals surface area contributed by atoms with E-state index in [1.54, 1.807) is 13.0 Å². The molecular weight excluding hydrogens is 389 g/mol. The Bertz CT molecular complexity index is 722. The lowest BCUT2D eigenvalue weighted by Crippen LogP contribution is -2.29. The molecule has 1 aliphatic heterocycles. The molecule has 0 N–H and O–H groups in total. The first-order valence-electron chi connectivity index (χ1n) is 7.36. The molecule has 1 fully saturated rings. The molecular formula is C16H15Cl2NO5S. The molecule has 6 nitrogen and oxygen atoms in total. The van der Waals surface area contributed by atoms with Gasteiger partial charge in [-0.15, -0.1) is 0 Å². The third-order valence-electron chi connectivity index (χ3n) is 3.13. The molecule has 25 heavy (non-hydrogen) atoms. The van der Waals surface area contributed by atoms with Crippen LogP contribution < -0.4 is 0 Å². The van der Waals surface area contributed by atoms with Crippen molar-refractivity contribution in [3.8, 4) is 0 Å². The number of thioether (sulfide) groups is 1. The van der Waals surface area contributed by atoms with Crippen LogP contribution in [0.15, 0.2) is 29.3 Å². The van der Waals surface area contributed by atoms with Gasteiger partial charge < -0.3 is 14.4 Å². The Balaban J connectivity index is 1.95. The molecule has 2 rings (SSSR count). The maximum Gasteiger partial charge on any atom is 0.339 e. The van der Waals surface area contributed by atoms with E-state index >= 15 is 0 Å². The summed E-state index contributed by atoms with van der Waals surface area (Å²) in [6, 6.07) is 4.48. The number of hydrogen-bond acceptors (Lipinski definition) is 6. The normalized spacial score (nSPS) is 15.6. The van der Waals surface area contributed by atoms with E-state index < -0.39 is 11.9 Å². The van der Waals surface area contributed by atoms with Crippen LogP contribution >= 0.6 is 35.0 Å². The fourth-order valence-corrected chi connectivity index (χ4v) is 3.34. The number of amides is 1. The minimum absolute atomic E-state index is 0.0475. The third-order valence-corrected chi connectivity index (χ3v) is 4.72. The molecule has 0 unspecified atom stereocenters. The number of benzene rings is 1. The molecule has 0 saturated carbocycles. The van der Waals surface area contributed by atoms with Crippen molar-refractivity contribution >= 4 is 52.8 Å². The molecule has 1 amide bonds. The first kappa shape index (κ1) is 19.6. The van der Waals surface area contributed by atoms with Gasteiger partial charge >= 0.3 is 11.9 Å². The Hall–Kier alpha value is -1.70. The molecule has 1 heterocycles. The Morgan fingerprint density at radius 1 is 1.32 bits per heavy atom. The van der Waals surface area contributed by atoms with Crippen molar-refractivity contribution in [1.29, 1.82) is 0 Å². The van der Waals surface area contributed by atoms with Crippen molar-refractivity contribution < 1.29 is 23.9 Å². The summed E-state index contributed by atoms with van der Waals surface area (Å²) in [4.78, 5) is 36.9. The van der Waals surface area contributed by atoms with E-state index in [0.29, 0.717) is 10.1 Å². The number of rotatable bonds is 6. The highest BCUT2D eigenvalue weighted by atomic mass is 35.5. The van der Waals surface area contributed by atoms with Crippen LogP contribution in [-0.2, 0) is 19.1 Å². The van der Waals surface area contributed by atoms with Gasteiger partial charge in [0.1, 0.15) is 6.61 Å². The molecule has 1 saturated heterocycles. The molecule has 1 aromatic carbocycles. The zero-order valence-corrected chi connectivity index (χ0v) is 15.6. The number of ether oxygens (including phenoxy) is 2. The summed E-state index contributed by atoms with van der Waals surface area (Å²) >= 11 is 13.0. The summed E-state index contributed by atoms with van der Waals surface area (Å²) in [5.74, 6) is -1.10. The largest absolute Gasteiger partial charge is 0.463 e. The molecule has 0 atom stereocenters. The van der Waals surface area contributed by atoms with Crippen molar-refractivity contribution in [2.24, 2.45) is 0 Å². The molecule has 1 aromatic rings. The maximum absolute atomic E-state index is 12.1. The SMILES string of the molecule is CCOC(=O)/C=C1\SCC(=O)N1CCOC(=O)c1cc(Cl)ccc1Cl. The second kappa shape index (κ2) is 9.12. The van der Waals surface area contributed by atoms with Crippen LogP contribution in [0.3, 0.4) is 0 Å². The fourth-order valence-electron chi connectivity index (χ4n) is 2.01. The fraction of sp³-hybridized carbons (Fsp3) is 0.312. The van der Waals surface area contributed by atoms with Gasteiger partial charge in [0.25, 0.3) is 0 Å². The van der Waals surface area contributed by atoms with Crippen molar-refractivity contribution in [1.82, 2.24) is 4.90 Å². The molecule has 1 aliphatic rings. The summed E-state index contributed by atoms with van der Waals surface area (Å²) in [6.45, 7) is 2.02. The predicted molar refractivity (Wildman–Crippen MR) is 95.6 cm³/mol. The Morgan fingerprint density at radius 3 is 2.80 bits per heavy atom. The third kappa shape index (κ3) is 5.39. The van der Waals surface area contributed by atoms with Crippen LogP contribution in [0.4, 0.5) is 0 Å². The minimum Gasteiger partial charge on any atom is -0.463 e. The van der Waals surface area contributed by atoms with Gasteiger partial charge in [0.15, 0.2) is 0 Å². The highest BCUT2D eigenvalue weighted by Gasteiger charge is 2.27. The van der Waals surface area contributed by atoms with E-state index in [1.165, 1.54) is 34.9 Å². The maximum atomic E-state index is 12.1. The summed E-state index contributed by atoms with van der Waals surface area (Å²) in [7, 11) is 0. The standard InChI is InChI=1S/C16H15Cl2NO5S/c1-2-23-15(21)8-14-19(13(20)9-25-14)5-6-24-16(22)11-7-10(17)3-4-12(11)18/h3-4,7-8H,2,5-6,9H2,1H3/b14-8-. The van der Waals surface area contributed by atoms with E-state index in [-0.39, 0.29) is 42.0 Å². The van der Waals surface area contributed by atoms with Gasteiger partial charge in [-0.1, -0.05) is 35.0 Å². The first-order valence-corrected chi connectivity index (χ1v) is 9.10. The van der Waals surface area contributed by atoms with Crippen LogP contribution in [0.25, 0.3) is 0 Å². The molecule has 0 bridgehead atoms. The van der Waals surface area contributed by atoms with E-state index in [1.807, 2.05) is 0 Å². The average Bonchev–Trinajstić information content (AvgIpc) is 2.90. The Labute approximate surface area is 159 Å². The van der Waals surface area contributed by atoms with Crippen molar-refractivity contribution in [3.63, 3.8) is 0 Å². The van der Waals surface area contributed by atoms with E-state index in [2.05, 4.69) is 0 Å². The molecule has 0 aromatic heterocycles. The van der Waals surface area contributed by atoms with Crippen LogP contribution in [0.5, 0.6) is 0 Å². The van der Waals surface area contributed by atoms with Crippen molar-refractivity contribution in [2.75, 3.05) is 25.5 Å². The van der Waals surface area contributed by atoms with E-state index in [0.717, 1.165) is 0 Å². The molecule has 0 aliphatic carbocycles. The minimum atomic E-state index is -0.636. The van der Waals surface area contributed by atoms with Crippen LogP contribution in [0.2, 0.25) is 10.0 Å². The van der Waals surface area contributed by atoms with Crippen molar-refractivity contribution in [3.05, 3.63) is 44.9 Å². The molecule has 134 valence electrons. The number of esters is 2. The molecule has 0 radical (unpaired) electrons. The zero-order valence-electron chi connectivity index (χ0n) is 13.3. The number of nitrogens with zero attached hydrogens (tertiary/aromatic N) is 1. The first-order chi connectivity index (χ1) is 11.9. The summed E-state index contributed by atoms with van der Waals surface area (Å²) in [5, 5.41) is 1.06. The van der Waals surface area contributed by atoms with Gasteiger partial charge in [0.2, 0.25) is 5.91 Å². The van der Waals surface area contributed by atoms with E-state index in [9.17, 15) is 14.4 Å². The Kier molecular flexibility index (Phi) is 7.16. The van der Waals surface area contributed by atoms with Gasteiger partial charge in [0, 0.05) is 5.02 Å². The van der Waals surface area contributed by atoms with Gasteiger partial charge in [0.05, 0.1) is 40.6 Å². The lowest BCUT2D eigenvalue weighted by Gasteiger charge is -2.17. The smallest absolute Gasteiger partial charge is 0.339 e. The van der Waals surface area contributed by atoms with Crippen LogP contribution in [-0.4, -0.2) is 48.3 Å². The number of carbonyl (C=O) groups excluding carboxylic acids is 3. The number of hydrogen-bond donors (Lipinski definition) is 0. The van der Waals surface area contributed by atoms with E-state index in [4.69, 9.17) is 32.7 Å². The molecule has 0 spiro atoms. The van der Waals surface area contributed by atoms with Crippen LogP contribution in [0, 0.1) is 0 Å². The molecule has 9 heteroatoms. The zero-order chi connectivity index (χ0) is 18.4. The lowest BCUT2D eigenvalue weighted by molar-refractivity contribution is -0.137. The lowest BCUT2D eigenvalue weighted by atomic mass is 10.2. The van der Waals surface area contributed by atoms with Gasteiger partial charge in [-0.2, -0.15) is 0 Å². The summed E-state index contributed by atoms with van der Waals surface area (Å²) in [6.07, 6.45) is 1.26. The number of halogens is 2. The summed E-state index contributed by atoms with van der Waals surface area (Å²) in [5.41, 5.74) is 0.151. The highest BCUT2D eigenvalue weighted by molar-refractivity contribution is 8.04. The quantitative estimate of drug-likeness (QED) is 0.536. The van der Waals surface area contributed by atoms with Crippen molar-refractivity contribution in [2.45, 2.75) is 6.92 Å². The predicted octanol–water partition coefficient (Wildman–Crippen LogP) is 3.13. The Morgan fingerprint density at radius 2 is 2.08 bits per heavy atom. The second-order valence-electron chi connectivity index (χ2n) is 4.83. The van der Waals surface area contributed by atoms with Crippen LogP contribution in [0.1, 0.15) is 17.3 Å². The van der Waals surface area contributed by atoms with Gasteiger partial charge in [-0.3, -0.25) is 4.79 Å². The monoisotopic (exact) mass is 403 g/mol. The number of carbonyl (C=O) groups is 3. The average molecular weight is 404 g/mol. The second-order valence-corrected chi connectivity index (χ2v) is 6.67. The summed E-state index contributed by atoms with van der Waals surface area (Å²) < 4.78 is 9.98. The highest BCUT2D eigenvalue weighted by Crippen LogP contribution is 2.28. The van der Waals surface area contributed by atoms with Gasteiger partial charge in [-0.05, 0) is 25.1 Å². The topological polar surface area (TPSA) is 72.9 Å². The van der Waals surface area contributed by atoms with Gasteiger partial charge in [-0.25, -0.2) is 9.59 Å².